The van der Waals surface area contributed by atoms with E-state index in [0.29, 0.717) is 5.06 Å². The molecule has 8 nitrogen and oxygen atoms in total. The van der Waals surface area contributed by atoms with Crippen molar-refractivity contribution in [1.29, 1.82) is 0 Å². The summed E-state index contributed by atoms with van der Waals surface area (Å²) in [5.74, 6) is -1.16. The molecule has 1 aromatic rings. The predicted molar refractivity (Wildman–Crippen MR) is 70.7 cm³/mol. The molecule has 1 aliphatic rings. The molecule has 0 atom stereocenters. The van der Waals surface area contributed by atoms with Gasteiger partial charge in [0.1, 0.15) is 0 Å². The Morgan fingerprint density at radius 2 is 1.67 bits per heavy atom. The van der Waals surface area contributed by atoms with Gasteiger partial charge in [0.15, 0.2) is 9.84 Å². The summed E-state index contributed by atoms with van der Waals surface area (Å²) in [4.78, 5) is 38.8. The number of nitrogens with one attached hydrogen (secondary N) is 1. The number of imide groups is 1. The smallest absolute Gasteiger partial charge is 0.311 e. The zero-order valence-electron chi connectivity index (χ0n) is 11.0. The van der Waals surface area contributed by atoms with E-state index in [-0.39, 0.29) is 23.4 Å². The molecule has 1 N–H and O–H groups in total. The van der Waals surface area contributed by atoms with Crippen molar-refractivity contribution in [2.75, 3.05) is 11.6 Å². The van der Waals surface area contributed by atoms with E-state index in [1.807, 2.05) is 0 Å². The number of sulfone groups is 1. The van der Waals surface area contributed by atoms with Crippen molar-refractivity contribution in [1.82, 2.24) is 5.06 Å². The molecule has 0 saturated carbocycles. The monoisotopic (exact) mass is 312 g/mol. The molecule has 2 rings (SSSR count). The van der Waals surface area contributed by atoms with Crippen molar-refractivity contribution in [2.24, 2.45) is 0 Å². The fourth-order valence-electron chi connectivity index (χ4n) is 1.67. The second-order valence-electron chi connectivity index (χ2n) is 4.38. The highest BCUT2D eigenvalue weighted by atomic mass is 32.2. The Balaban J connectivity index is 2.00. The maximum atomic E-state index is 11.5. The SMILES string of the molecule is CS(=O)(=O)c1ccc(NC(=O)ON2C(=O)CCC2=O)cc1. The van der Waals surface area contributed by atoms with E-state index >= 15 is 0 Å². The molecule has 1 fully saturated rings. The molecule has 1 heterocycles. The van der Waals surface area contributed by atoms with Gasteiger partial charge in [-0.2, -0.15) is 0 Å². The minimum absolute atomic E-state index is 0.00910. The number of nitrogens with zero attached hydrogens (tertiary/aromatic N) is 1. The van der Waals surface area contributed by atoms with Gasteiger partial charge >= 0.3 is 6.09 Å². The van der Waals surface area contributed by atoms with Crippen molar-refractivity contribution in [2.45, 2.75) is 17.7 Å². The van der Waals surface area contributed by atoms with E-state index in [2.05, 4.69) is 10.2 Å². The summed E-state index contributed by atoms with van der Waals surface area (Å²) < 4.78 is 22.6. The van der Waals surface area contributed by atoms with E-state index in [9.17, 15) is 22.8 Å². The summed E-state index contributed by atoms with van der Waals surface area (Å²) in [6.07, 6.45) is 0.0734. The first-order valence-electron chi connectivity index (χ1n) is 5.92. The van der Waals surface area contributed by atoms with Gasteiger partial charge in [-0.25, -0.2) is 13.2 Å². The van der Waals surface area contributed by atoms with Gasteiger partial charge in [0, 0.05) is 24.8 Å². The Bertz CT molecular complexity index is 679. The van der Waals surface area contributed by atoms with Crippen LogP contribution in [0, 0.1) is 0 Å². The Kier molecular flexibility index (Phi) is 3.94. The van der Waals surface area contributed by atoms with Crippen molar-refractivity contribution >= 4 is 33.4 Å². The topological polar surface area (TPSA) is 110 Å². The Morgan fingerprint density at radius 1 is 1.14 bits per heavy atom. The number of carbonyl (C=O) groups excluding carboxylic acids is 3. The van der Waals surface area contributed by atoms with Gasteiger partial charge < -0.3 is 4.84 Å². The van der Waals surface area contributed by atoms with Crippen LogP contribution < -0.4 is 5.32 Å². The van der Waals surface area contributed by atoms with E-state index in [4.69, 9.17) is 0 Å². The van der Waals surface area contributed by atoms with E-state index in [1.54, 1.807) is 0 Å². The first-order valence-corrected chi connectivity index (χ1v) is 7.81. The van der Waals surface area contributed by atoms with Crippen LogP contribution in [0.15, 0.2) is 29.2 Å². The second kappa shape index (κ2) is 5.52. The average Bonchev–Trinajstić information content (AvgIpc) is 2.70. The lowest BCUT2D eigenvalue weighted by atomic mass is 10.3. The van der Waals surface area contributed by atoms with Gasteiger partial charge in [-0.05, 0) is 24.3 Å². The first kappa shape index (κ1) is 15.0. The van der Waals surface area contributed by atoms with Crippen LogP contribution in [0.5, 0.6) is 0 Å². The lowest BCUT2D eigenvalue weighted by Crippen LogP contribution is -2.33. The number of hydrogen-bond acceptors (Lipinski definition) is 6. The third-order valence-corrected chi connectivity index (χ3v) is 3.84. The molecule has 0 bridgehead atoms. The van der Waals surface area contributed by atoms with Crippen molar-refractivity contribution in [3.63, 3.8) is 0 Å². The number of rotatable bonds is 3. The predicted octanol–water partition coefficient (Wildman–Crippen LogP) is 0.703. The molecule has 112 valence electrons. The van der Waals surface area contributed by atoms with E-state index < -0.39 is 27.7 Å². The quantitative estimate of drug-likeness (QED) is 0.823. The van der Waals surface area contributed by atoms with Gasteiger partial charge in [0.05, 0.1) is 4.90 Å². The summed E-state index contributed by atoms with van der Waals surface area (Å²) in [6.45, 7) is 0. The number of hydrogen-bond donors (Lipinski definition) is 1. The highest BCUT2D eigenvalue weighted by molar-refractivity contribution is 7.90. The van der Waals surface area contributed by atoms with Gasteiger partial charge in [-0.3, -0.25) is 14.9 Å². The van der Waals surface area contributed by atoms with Crippen molar-refractivity contribution in [3.8, 4) is 0 Å². The van der Waals surface area contributed by atoms with Gasteiger partial charge in [0.25, 0.3) is 11.8 Å². The van der Waals surface area contributed by atoms with Crippen LogP contribution in [0.1, 0.15) is 12.8 Å². The standard InChI is InChI=1S/C12H12N2O6S/c1-21(18,19)9-4-2-8(3-5-9)13-12(17)20-14-10(15)6-7-11(14)16/h2-5H,6-7H2,1H3,(H,13,17). The molecule has 0 unspecified atom stereocenters. The maximum Gasteiger partial charge on any atom is 0.436 e. The summed E-state index contributed by atoms with van der Waals surface area (Å²) >= 11 is 0. The van der Waals surface area contributed by atoms with Crippen LogP contribution in [-0.4, -0.2) is 37.6 Å². The molecule has 0 spiro atoms. The largest absolute Gasteiger partial charge is 0.436 e. The molecule has 9 heteroatoms. The number of benzene rings is 1. The molecule has 0 aliphatic carbocycles. The second-order valence-corrected chi connectivity index (χ2v) is 6.40. The van der Waals surface area contributed by atoms with Crippen LogP contribution in [0.3, 0.4) is 0 Å². The molecule has 0 radical (unpaired) electrons. The fourth-order valence-corrected chi connectivity index (χ4v) is 2.30. The van der Waals surface area contributed by atoms with Gasteiger partial charge in [0.2, 0.25) is 0 Å². The lowest BCUT2D eigenvalue weighted by Gasteiger charge is -2.13. The maximum absolute atomic E-state index is 11.5. The number of carbonyl (C=O) groups is 3. The molecule has 3 amide bonds. The molecular formula is C12H12N2O6S. The van der Waals surface area contributed by atoms with Gasteiger partial charge in [-0.15, -0.1) is 5.06 Å². The molecule has 0 aromatic heterocycles. The van der Waals surface area contributed by atoms with Crippen LogP contribution in [0.2, 0.25) is 0 Å². The minimum Gasteiger partial charge on any atom is -0.311 e. The van der Waals surface area contributed by atoms with Crippen LogP contribution in [-0.2, 0) is 24.3 Å². The molecule has 21 heavy (non-hydrogen) atoms. The van der Waals surface area contributed by atoms with E-state index in [0.717, 1.165) is 6.26 Å². The van der Waals surface area contributed by atoms with E-state index in [1.165, 1.54) is 24.3 Å². The Morgan fingerprint density at radius 3 is 2.14 bits per heavy atom. The molecule has 1 aliphatic heterocycles. The first-order chi connectivity index (χ1) is 9.77. The van der Waals surface area contributed by atoms with Crippen LogP contribution >= 0.6 is 0 Å². The minimum atomic E-state index is -3.32. The highest BCUT2D eigenvalue weighted by Gasteiger charge is 2.32. The van der Waals surface area contributed by atoms with Crippen molar-refractivity contribution < 1.29 is 27.6 Å². The van der Waals surface area contributed by atoms with Crippen LogP contribution in [0.25, 0.3) is 0 Å². The molecular weight excluding hydrogens is 300 g/mol. The zero-order chi connectivity index (χ0) is 15.6. The summed E-state index contributed by atoms with van der Waals surface area (Å²) in [6, 6.07) is 5.37. The van der Waals surface area contributed by atoms with Crippen LogP contribution in [0.4, 0.5) is 10.5 Å². The third-order valence-electron chi connectivity index (χ3n) is 2.71. The number of hydroxylamine groups is 2. The lowest BCUT2D eigenvalue weighted by molar-refractivity contribution is -0.170. The average molecular weight is 312 g/mol. The Labute approximate surface area is 120 Å². The fraction of sp³-hybridized carbons (Fsp3) is 0.250. The third kappa shape index (κ3) is 3.57. The number of amides is 3. The zero-order valence-corrected chi connectivity index (χ0v) is 11.8. The summed E-state index contributed by atoms with van der Waals surface area (Å²) in [5.41, 5.74) is 0.270. The normalized spacial score (nSPS) is 15.2. The highest BCUT2D eigenvalue weighted by Crippen LogP contribution is 2.16. The summed E-state index contributed by atoms with van der Waals surface area (Å²) in [7, 11) is -3.32. The van der Waals surface area contributed by atoms with Crippen molar-refractivity contribution in [3.05, 3.63) is 24.3 Å². The summed E-state index contributed by atoms with van der Waals surface area (Å²) in [5, 5.41) is 2.70. The Hall–Kier alpha value is -2.42. The van der Waals surface area contributed by atoms with Gasteiger partial charge in [-0.1, -0.05) is 0 Å². The number of anilines is 1. The molecule has 1 aromatic carbocycles. The molecule has 1 saturated heterocycles.